The van der Waals surface area contributed by atoms with Crippen molar-refractivity contribution in [2.45, 2.75) is 19.5 Å². The van der Waals surface area contributed by atoms with Crippen LogP contribution < -0.4 is 5.32 Å². The molecule has 0 saturated heterocycles. The van der Waals surface area contributed by atoms with Crippen LogP contribution in [0, 0.1) is 11.7 Å². The minimum absolute atomic E-state index is 0.254. The highest BCUT2D eigenvalue weighted by Gasteiger charge is 2.31. The van der Waals surface area contributed by atoms with Gasteiger partial charge in [0.2, 0.25) is 5.91 Å². The van der Waals surface area contributed by atoms with Gasteiger partial charge in [-0.1, -0.05) is 6.07 Å². The number of aryl methyl sites for hydroxylation is 1. The zero-order chi connectivity index (χ0) is 15.6. The number of nitrogens with one attached hydrogen (secondary N) is 2. The largest absolute Gasteiger partial charge is 0.397 e. The summed E-state index contributed by atoms with van der Waals surface area (Å²) in [4.78, 5) is 11.3. The lowest BCUT2D eigenvalue weighted by atomic mass is 10.2. The Morgan fingerprint density at radius 2 is 2.19 bits per heavy atom. The normalized spacial score (nSPS) is 11.4. The molecule has 1 amide bonds. The summed E-state index contributed by atoms with van der Waals surface area (Å²) in [6.07, 6.45) is -6.06. The summed E-state index contributed by atoms with van der Waals surface area (Å²) in [6, 6.07) is 6.33. The number of nitrogens with zero attached hydrogens (tertiary/aromatic N) is 2. The van der Waals surface area contributed by atoms with E-state index in [0.29, 0.717) is 16.3 Å². The highest BCUT2D eigenvalue weighted by molar-refractivity contribution is 7.71. The molecule has 0 bridgehead atoms. The summed E-state index contributed by atoms with van der Waals surface area (Å²) in [6.45, 7) is 1.72. The standard InChI is InChI=1S/C12H11F3N4OS/c1-7-17-18-11(21)19(7)9-4-2-3-8(5-9)16-10(20)6-12(13,14)15/h2-5H,6H2,1H3,(H,16,20)(H,18,21). The Bertz CT molecular complexity index is 720. The number of anilines is 1. The molecule has 1 heterocycles. The SMILES string of the molecule is Cc1n[nH]c(=S)n1-c1cccc(NC(=O)CC(F)(F)F)c1. The van der Waals surface area contributed by atoms with Crippen molar-refractivity contribution in [2.75, 3.05) is 5.32 Å². The van der Waals surface area contributed by atoms with Crippen LogP contribution in [-0.4, -0.2) is 26.8 Å². The van der Waals surface area contributed by atoms with Crippen molar-refractivity contribution >= 4 is 23.8 Å². The van der Waals surface area contributed by atoms with E-state index in [9.17, 15) is 18.0 Å². The maximum absolute atomic E-state index is 12.1. The second-order valence-electron chi connectivity index (χ2n) is 4.30. The van der Waals surface area contributed by atoms with E-state index < -0.39 is 18.5 Å². The van der Waals surface area contributed by atoms with Gasteiger partial charge in [0, 0.05) is 5.69 Å². The van der Waals surface area contributed by atoms with Crippen molar-refractivity contribution in [1.29, 1.82) is 0 Å². The fourth-order valence-electron chi connectivity index (χ4n) is 1.79. The van der Waals surface area contributed by atoms with Gasteiger partial charge >= 0.3 is 6.18 Å². The van der Waals surface area contributed by atoms with Gasteiger partial charge in [0.05, 0.1) is 5.69 Å². The number of H-pyrrole nitrogens is 1. The maximum Gasteiger partial charge on any atom is 0.397 e. The van der Waals surface area contributed by atoms with Gasteiger partial charge in [-0.15, -0.1) is 0 Å². The summed E-state index contributed by atoms with van der Waals surface area (Å²) >= 11 is 5.07. The van der Waals surface area contributed by atoms with Gasteiger partial charge < -0.3 is 5.32 Å². The van der Waals surface area contributed by atoms with Crippen LogP contribution in [0.1, 0.15) is 12.2 Å². The predicted molar refractivity (Wildman–Crippen MR) is 72.8 cm³/mol. The van der Waals surface area contributed by atoms with E-state index in [1.165, 1.54) is 12.1 Å². The van der Waals surface area contributed by atoms with E-state index in [2.05, 4.69) is 15.5 Å². The summed E-state index contributed by atoms with van der Waals surface area (Å²) < 4.78 is 38.3. The van der Waals surface area contributed by atoms with Crippen LogP contribution in [0.4, 0.5) is 18.9 Å². The first kappa shape index (κ1) is 15.2. The first-order valence-corrected chi connectivity index (χ1v) is 6.28. The summed E-state index contributed by atoms with van der Waals surface area (Å²) in [5.41, 5.74) is 0.848. The molecule has 0 unspecified atom stereocenters. The molecular weight excluding hydrogens is 305 g/mol. The molecule has 2 aromatic rings. The van der Waals surface area contributed by atoms with E-state index in [0.717, 1.165) is 0 Å². The quantitative estimate of drug-likeness (QED) is 0.855. The van der Waals surface area contributed by atoms with Crippen LogP contribution in [0.5, 0.6) is 0 Å². The van der Waals surface area contributed by atoms with E-state index in [4.69, 9.17) is 12.2 Å². The van der Waals surface area contributed by atoms with Gasteiger partial charge in [-0.05, 0) is 37.3 Å². The number of hydrogen-bond acceptors (Lipinski definition) is 3. The number of carbonyl (C=O) groups excluding carboxylic acids is 1. The molecule has 2 rings (SSSR count). The van der Waals surface area contributed by atoms with Crippen molar-refractivity contribution in [3.63, 3.8) is 0 Å². The zero-order valence-corrected chi connectivity index (χ0v) is 11.7. The first-order valence-electron chi connectivity index (χ1n) is 5.87. The van der Waals surface area contributed by atoms with Crippen LogP contribution in [-0.2, 0) is 4.79 Å². The number of aromatic amines is 1. The van der Waals surface area contributed by atoms with Gasteiger partial charge in [0.15, 0.2) is 4.77 Å². The molecule has 5 nitrogen and oxygen atoms in total. The lowest BCUT2D eigenvalue weighted by Crippen LogP contribution is -2.21. The monoisotopic (exact) mass is 316 g/mol. The molecule has 0 aliphatic rings. The number of hydrogen-bond donors (Lipinski definition) is 2. The molecule has 0 radical (unpaired) electrons. The highest BCUT2D eigenvalue weighted by atomic mass is 32.1. The summed E-state index contributed by atoms with van der Waals surface area (Å²) in [5.74, 6) is -0.522. The second-order valence-corrected chi connectivity index (χ2v) is 4.69. The van der Waals surface area contributed by atoms with Crippen molar-refractivity contribution in [1.82, 2.24) is 14.8 Å². The molecule has 2 N–H and O–H groups in total. The molecule has 112 valence electrons. The fraction of sp³-hybridized carbons (Fsp3) is 0.250. The lowest BCUT2D eigenvalue weighted by molar-refractivity contribution is -0.150. The third-order valence-electron chi connectivity index (χ3n) is 2.59. The fourth-order valence-corrected chi connectivity index (χ4v) is 2.07. The van der Waals surface area contributed by atoms with Crippen LogP contribution in [0.2, 0.25) is 0 Å². The summed E-state index contributed by atoms with van der Waals surface area (Å²) in [7, 11) is 0. The van der Waals surface area contributed by atoms with Crippen molar-refractivity contribution in [3.8, 4) is 5.69 Å². The number of carbonyl (C=O) groups is 1. The minimum Gasteiger partial charge on any atom is -0.326 e. The molecule has 9 heteroatoms. The van der Waals surface area contributed by atoms with Crippen molar-refractivity contribution in [2.24, 2.45) is 0 Å². The maximum atomic E-state index is 12.1. The Morgan fingerprint density at radius 1 is 1.48 bits per heavy atom. The van der Waals surface area contributed by atoms with Crippen LogP contribution in [0.25, 0.3) is 5.69 Å². The van der Waals surface area contributed by atoms with Crippen LogP contribution >= 0.6 is 12.2 Å². The molecule has 0 fully saturated rings. The Morgan fingerprint density at radius 3 is 2.76 bits per heavy atom. The Kier molecular flexibility index (Phi) is 4.12. The van der Waals surface area contributed by atoms with Gasteiger partial charge in [-0.3, -0.25) is 14.5 Å². The van der Waals surface area contributed by atoms with E-state index >= 15 is 0 Å². The second kappa shape index (κ2) is 5.68. The highest BCUT2D eigenvalue weighted by Crippen LogP contribution is 2.21. The average Bonchev–Trinajstić information content (AvgIpc) is 2.66. The van der Waals surface area contributed by atoms with Gasteiger partial charge in [0.25, 0.3) is 0 Å². The number of amides is 1. The van der Waals surface area contributed by atoms with E-state index in [-0.39, 0.29) is 5.69 Å². The molecule has 0 saturated carbocycles. The van der Waals surface area contributed by atoms with Crippen LogP contribution in [0.3, 0.4) is 0 Å². The predicted octanol–water partition coefficient (Wildman–Crippen LogP) is 3.13. The third-order valence-corrected chi connectivity index (χ3v) is 2.86. The molecule has 0 aliphatic heterocycles. The van der Waals surface area contributed by atoms with Crippen molar-refractivity contribution < 1.29 is 18.0 Å². The number of alkyl halides is 3. The molecule has 21 heavy (non-hydrogen) atoms. The molecule has 1 aromatic heterocycles. The van der Waals surface area contributed by atoms with Crippen molar-refractivity contribution in [3.05, 3.63) is 34.9 Å². The smallest absolute Gasteiger partial charge is 0.326 e. The van der Waals surface area contributed by atoms with Gasteiger partial charge in [-0.25, -0.2) is 0 Å². The number of aromatic nitrogens is 3. The van der Waals surface area contributed by atoms with Gasteiger partial charge in [-0.2, -0.15) is 18.3 Å². The Balaban J connectivity index is 2.23. The molecule has 1 aromatic carbocycles. The zero-order valence-electron chi connectivity index (χ0n) is 10.9. The Labute approximate surface area is 122 Å². The lowest BCUT2D eigenvalue weighted by Gasteiger charge is -2.10. The summed E-state index contributed by atoms with van der Waals surface area (Å²) in [5, 5.41) is 8.75. The third kappa shape index (κ3) is 3.91. The molecule has 0 atom stereocenters. The number of rotatable bonds is 3. The molecule has 0 aliphatic carbocycles. The number of halogens is 3. The van der Waals surface area contributed by atoms with Gasteiger partial charge in [0.1, 0.15) is 12.2 Å². The average molecular weight is 316 g/mol. The van der Waals surface area contributed by atoms with E-state index in [1.54, 1.807) is 23.6 Å². The van der Waals surface area contributed by atoms with E-state index in [1.807, 2.05) is 0 Å². The van der Waals surface area contributed by atoms with Crippen LogP contribution in [0.15, 0.2) is 24.3 Å². The molecular formula is C12H11F3N4OS. The topological polar surface area (TPSA) is 62.7 Å². The minimum atomic E-state index is -4.54. The molecule has 0 spiro atoms. The first-order chi connectivity index (χ1) is 9.76. The Hall–Kier alpha value is -2.16. The number of benzene rings is 1.